The topological polar surface area (TPSA) is 0 Å². The van der Waals surface area contributed by atoms with Gasteiger partial charge in [0.2, 0.25) is 0 Å². The summed E-state index contributed by atoms with van der Waals surface area (Å²) in [5.41, 5.74) is -13.1. The van der Waals surface area contributed by atoms with Gasteiger partial charge >= 0.3 is 30.1 Å². The Morgan fingerprint density at radius 3 is 0.824 bits per heavy atom. The third-order valence-electron chi connectivity index (χ3n) is 1.50. The molecule has 0 aromatic carbocycles. The van der Waals surface area contributed by atoms with Crippen LogP contribution in [0.2, 0.25) is 0 Å². The number of hydrogen-bond acceptors (Lipinski definition) is 0. The molecule has 0 spiro atoms. The highest BCUT2D eigenvalue weighted by molar-refractivity contribution is 7.47. The molecule has 0 amide bonds. The van der Waals surface area contributed by atoms with Gasteiger partial charge in [-0.2, -0.15) is 43.9 Å². The van der Waals surface area contributed by atoms with Crippen molar-refractivity contribution in [2.24, 2.45) is 0 Å². The molecule has 0 aliphatic carbocycles. The first-order valence-electron chi connectivity index (χ1n) is 3.27. The van der Waals surface area contributed by atoms with Crippen LogP contribution >= 0.6 is 22.2 Å². The Morgan fingerprint density at radius 1 is 0.529 bits per heavy atom. The van der Waals surface area contributed by atoms with Gasteiger partial charge < -0.3 is 0 Å². The smallest absolute Gasteiger partial charge is 0.198 e. The number of hydrogen-bond donors (Lipinski definition) is 0. The van der Waals surface area contributed by atoms with Gasteiger partial charge in [0.15, 0.2) is 0 Å². The second-order valence-electron chi connectivity index (χ2n) is 2.72. The number of halogens is 12. The monoisotopic (exact) mass is 336 g/mol. The summed E-state index contributed by atoms with van der Waals surface area (Å²) in [5.74, 6) is 0. The summed E-state index contributed by atoms with van der Waals surface area (Å²) in [5, 5.41) is 0. The fourth-order valence-corrected chi connectivity index (χ4v) is 2.95. The average Bonchev–Trinajstić information content (AvgIpc) is 1.98. The maximum atomic E-state index is 12.4. The fraction of sp³-hybridized carbons (Fsp3) is 1.00. The van der Waals surface area contributed by atoms with E-state index in [-0.39, 0.29) is 0 Å². The van der Waals surface area contributed by atoms with Crippen molar-refractivity contribution in [2.45, 2.75) is 23.4 Å². The lowest BCUT2D eigenvalue weighted by molar-refractivity contribution is -0.271. The maximum Gasteiger partial charge on any atom is 0.452 e. The summed E-state index contributed by atoms with van der Waals surface area (Å²) in [7, 11) is 0. The Balaban J connectivity index is 5.73. The predicted octanol–water partition coefficient (Wildman–Crippen LogP) is 4.38. The molecule has 0 unspecified atom stereocenters. The molecule has 0 radical (unpaired) electrons. The van der Waals surface area contributed by atoms with Gasteiger partial charge in [0, 0.05) is 0 Å². The van der Waals surface area contributed by atoms with Crippen molar-refractivity contribution in [2.75, 3.05) is 0 Å². The highest BCUT2D eigenvalue weighted by Gasteiger charge is 2.87. The quantitative estimate of drug-likeness (QED) is 0.399. The Hall–Kier alpha value is 0.0969. The highest BCUT2D eigenvalue weighted by atomic mass is 35.7. The van der Waals surface area contributed by atoms with E-state index < -0.39 is 30.1 Å². The maximum absolute atomic E-state index is 12.4. The van der Waals surface area contributed by atoms with E-state index in [1.54, 1.807) is 0 Å². The summed E-state index contributed by atoms with van der Waals surface area (Å²) < 4.78 is 120. The zero-order chi connectivity index (χ0) is 14.5. The van der Waals surface area contributed by atoms with E-state index in [2.05, 4.69) is 22.2 Å². The third kappa shape index (κ3) is 2.45. The van der Waals surface area contributed by atoms with Gasteiger partial charge in [0.1, 0.15) is 0 Å². The van der Waals surface area contributed by atoms with Crippen LogP contribution in [0.25, 0.3) is 0 Å². The van der Waals surface area contributed by atoms with E-state index in [1.807, 2.05) is 0 Å². The predicted molar refractivity (Wildman–Crippen MR) is 39.5 cm³/mol. The van der Waals surface area contributed by atoms with Gasteiger partial charge in [0.05, 0.1) is 0 Å². The first-order chi connectivity index (χ1) is 7.00. The van der Waals surface area contributed by atoms with E-state index in [4.69, 9.17) is 0 Å². The van der Waals surface area contributed by atoms with E-state index in [0.29, 0.717) is 0 Å². The first kappa shape index (κ1) is 17.1. The van der Waals surface area contributed by atoms with Gasteiger partial charge in [-0.25, -0.2) is 0 Å². The minimum absolute atomic E-state index is 4.05. The van der Waals surface area contributed by atoms with Crippen LogP contribution < -0.4 is 0 Å². The minimum atomic E-state index is -7.40. The highest BCUT2D eigenvalue weighted by Crippen LogP contribution is 2.56. The molecule has 0 N–H and O–H groups in total. The molecule has 0 saturated carbocycles. The van der Waals surface area contributed by atoms with E-state index in [0.717, 1.165) is 0 Å². The lowest BCUT2D eigenvalue weighted by Crippen LogP contribution is -2.68. The van der Waals surface area contributed by atoms with E-state index in [9.17, 15) is 43.9 Å². The van der Waals surface area contributed by atoms with Crippen molar-refractivity contribution in [3.63, 3.8) is 0 Å². The zero-order valence-electron chi connectivity index (χ0n) is 7.04. The van der Waals surface area contributed by atoms with Gasteiger partial charge in [-0.15, -0.1) is 22.2 Å². The number of rotatable bonds is 2. The summed E-state index contributed by atoms with van der Waals surface area (Å²) in [4.78, 5) is 0. The van der Waals surface area contributed by atoms with Crippen molar-refractivity contribution in [1.82, 2.24) is 0 Å². The van der Waals surface area contributed by atoms with Crippen LogP contribution in [-0.4, -0.2) is 30.1 Å². The molecule has 0 nitrogen and oxygen atoms in total. The Labute approximate surface area is 96.9 Å². The molecule has 0 aliphatic rings. The van der Waals surface area contributed by atoms with Crippen molar-refractivity contribution < 1.29 is 43.9 Å². The molecule has 17 heavy (non-hydrogen) atoms. The van der Waals surface area contributed by atoms with Gasteiger partial charge in [0.25, 0.3) is 0 Å². The summed E-state index contributed by atoms with van der Waals surface area (Å²) in [6, 6.07) is 0. The zero-order valence-corrected chi connectivity index (χ0v) is 9.55. The Bertz CT molecular complexity index is 262. The van der Waals surface area contributed by atoms with E-state index >= 15 is 0 Å². The average molecular weight is 337 g/mol. The third-order valence-corrected chi connectivity index (χ3v) is 6.49. The largest absolute Gasteiger partial charge is 0.452 e. The molecule has 0 aromatic heterocycles. The molecule has 0 fully saturated rings. The van der Waals surface area contributed by atoms with Crippen LogP contribution in [0.3, 0.4) is 0 Å². The molecule has 0 aliphatic heterocycles. The standard InChI is InChI=1S/C4Cl2F10Si/c5-17(6,3(13,14)1(7,8)9)4(15,16)2(10,11)12. The van der Waals surface area contributed by atoms with Crippen LogP contribution in [0.5, 0.6) is 0 Å². The molecule has 104 valence electrons. The molecular formula is C4Cl2F10Si. The van der Waals surface area contributed by atoms with E-state index in [1.165, 1.54) is 0 Å². The van der Waals surface area contributed by atoms with Crippen molar-refractivity contribution >= 4 is 28.9 Å². The fourth-order valence-electron chi connectivity index (χ4n) is 0.553. The van der Waals surface area contributed by atoms with Gasteiger partial charge in [-0.05, 0) is 0 Å². The molecule has 0 saturated heterocycles. The number of alkyl halides is 10. The minimum Gasteiger partial charge on any atom is -0.198 e. The molecule has 0 atom stereocenters. The van der Waals surface area contributed by atoms with Crippen molar-refractivity contribution in [1.29, 1.82) is 0 Å². The van der Waals surface area contributed by atoms with Crippen LogP contribution in [0.1, 0.15) is 0 Å². The van der Waals surface area contributed by atoms with Crippen LogP contribution in [0, 0.1) is 0 Å². The second-order valence-corrected chi connectivity index (χ2v) is 9.11. The normalized spacial score (nSPS) is 16.2. The molecule has 0 rings (SSSR count). The molecular weight excluding hydrogens is 337 g/mol. The SMILES string of the molecule is FC(F)(F)C(F)(F)[Si](Cl)(Cl)C(F)(F)C(F)(F)F. The molecule has 0 heterocycles. The summed E-state index contributed by atoms with van der Waals surface area (Å²) in [6.45, 7) is -7.40. The lowest BCUT2D eigenvalue weighted by Gasteiger charge is -2.34. The van der Waals surface area contributed by atoms with Crippen LogP contribution in [0.15, 0.2) is 0 Å². The molecule has 0 bridgehead atoms. The summed E-state index contributed by atoms with van der Waals surface area (Å²) in [6.07, 6.45) is -13.4. The van der Waals surface area contributed by atoms with Gasteiger partial charge in [-0.3, -0.25) is 0 Å². The Morgan fingerprint density at radius 2 is 0.706 bits per heavy atom. The summed E-state index contributed by atoms with van der Waals surface area (Å²) >= 11 is 8.11. The van der Waals surface area contributed by atoms with Crippen LogP contribution in [-0.2, 0) is 0 Å². The van der Waals surface area contributed by atoms with Crippen LogP contribution in [0.4, 0.5) is 43.9 Å². The van der Waals surface area contributed by atoms with Gasteiger partial charge in [-0.1, -0.05) is 0 Å². The van der Waals surface area contributed by atoms with Crippen molar-refractivity contribution in [3.8, 4) is 0 Å². The lowest BCUT2D eigenvalue weighted by atomic mass is 10.7. The Kier molecular flexibility index (Phi) is 4.07. The molecule has 0 aromatic rings. The second kappa shape index (κ2) is 4.05. The molecule has 13 heteroatoms. The van der Waals surface area contributed by atoms with Crippen molar-refractivity contribution in [3.05, 3.63) is 0 Å². The first-order valence-corrected chi connectivity index (χ1v) is 7.29.